The molecule has 1 saturated heterocycles. The number of aliphatic hydroxyl groups is 1. The largest absolute Gasteiger partial charge is 0.396 e. The average Bonchev–Trinajstić information content (AvgIpc) is 2.69. The lowest BCUT2D eigenvalue weighted by Gasteiger charge is -2.15. The second-order valence-corrected chi connectivity index (χ2v) is 5.05. The molecule has 3 atom stereocenters. The Hall–Kier alpha value is -0.860. The standard InChI is InChI=1S/C15H22O2/c1-12-11-14(9-10-16)17-15(12)8-7-13-5-3-2-4-6-13/h2-6,12,14-16H,7-11H2,1H3/t12-,14+,15-/m0/s1. The van der Waals surface area contributed by atoms with Crippen LogP contribution in [0.2, 0.25) is 0 Å². The molecule has 17 heavy (non-hydrogen) atoms. The molecule has 0 aromatic heterocycles. The molecule has 1 aromatic rings. The Balaban J connectivity index is 1.80. The van der Waals surface area contributed by atoms with Crippen molar-refractivity contribution in [3.63, 3.8) is 0 Å². The first-order chi connectivity index (χ1) is 8.29. The van der Waals surface area contributed by atoms with Crippen molar-refractivity contribution >= 4 is 0 Å². The van der Waals surface area contributed by atoms with E-state index in [1.165, 1.54) is 5.56 Å². The number of aliphatic hydroxyl groups excluding tert-OH is 1. The molecule has 0 amide bonds. The molecule has 1 aliphatic heterocycles. The molecule has 1 heterocycles. The Labute approximate surface area is 104 Å². The summed E-state index contributed by atoms with van der Waals surface area (Å²) in [7, 11) is 0. The fourth-order valence-corrected chi connectivity index (χ4v) is 2.64. The maximum absolute atomic E-state index is 8.93. The van der Waals surface area contributed by atoms with Crippen LogP contribution in [0.5, 0.6) is 0 Å². The number of hydrogen-bond acceptors (Lipinski definition) is 2. The van der Waals surface area contributed by atoms with Crippen molar-refractivity contribution in [1.29, 1.82) is 0 Å². The van der Waals surface area contributed by atoms with Crippen LogP contribution in [0.15, 0.2) is 30.3 Å². The molecule has 0 saturated carbocycles. The van der Waals surface area contributed by atoms with Crippen molar-refractivity contribution < 1.29 is 9.84 Å². The third kappa shape index (κ3) is 3.55. The summed E-state index contributed by atoms with van der Waals surface area (Å²) in [6, 6.07) is 10.6. The van der Waals surface area contributed by atoms with Gasteiger partial charge in [0.25, 0.3) is 0 Å². The lowest BCUT2D eigenvalue weighted by molar-refractivity contribution is 0.0198. The summed E-state index contributed by atoms with van der Waals surface area (Å²) in [6.45, 7) is 2.50. The predicted molar refractivity (Wildman–Crippen MR) is 68.9 cm³/mol. The maximum Gasteiger partial charge on any atom is 0.0608 e. The van der Waals surface area contributed by atoms with Crippen LogP contribution < -0.4 is 0 Å². The van der Waals surface area contributed by atoms with Crippen LogP contribution >= 0.6 is 0 Å². The highest BCUT2D eigenvalue weighted by atomic mass is 16.5. The normalized spacial score (nSPS) is 28.5. The van der Waals surface area contributed by atoms with Gasteiger partial charge in [0.2, 0.25) is 0 Å². The molecule has 1 aromatic carbocycles. The van der Waals surface area contributed by atoms with E-state index in [9.17, 15) is 0 Å². The van der Waals surface area contributed by atoms with Crippen LogP contribution in [0.1, 0.15) is 31.7 Å². The summed E-state index contributed by atoms with van der Waals surface area (Å²) in [6.07, 6.45) is 4.70. The van der Waals surface area contributed by atoms with E-state index >= 15 is 0 Å². The van der Waals surface area contributed by atoms with Crippen LogP contribution in [-0.2, 0) is 11.2 Å². The van der Waals surface area contributed by atoms with E-state index in [4.69, 9.17) is 9.84 Å². The van der Waals surface area contributed by atoms with Gasteiger partial charge >= 0.3 is 0 Å². The van der Waals surface area contributed by atoms with E-state index in [2.05, 4.69) is 37.3 Å². The number of ether oxygens (including phenoxy) is 1. The first-order valence-electron chi connectivity index (χ1n) is 6.60. The molecule has 0 unspecified atom stereocenters. The summed E-state index contributed by atoms with van der Waals surface area (Å²) in [5.74, 6) is 0.621. The lowest BCUT2D eigenvalue weighted by Crippen LogP contribution is -2.15. The Morgan fingerprint density at radius 3 is 2.71 bits per heavy atom. The van der Waals surface area contributed by atoms with E-state index in [1.54, 1.807) is 0 Å². The van der Waals surface area contributed by atoms with Crippen LogP contribution in [0.25, 0.3) is 0 Å². The van der Waals surface area contributed by atoms with Gasteiger partial charge in [0, 0.05) is 6.61 Å². The molecule has 1 aliphatic rings. The van der Waals surface area contributed by atoms with Gasteiger partial charge in [0.15, 0.2) is 0 Å². The monoisotopic (exact) mass is 234 g/mol. The Morgan fingerprint density at radius 2 is 2.00 bits per heavy atom. The maximum atomic E-state index is 8.93. The minimum atomic E-state index is 0.239. The predicted octanol–water partition coefficient (Wildman–Crippen LogP) is 2.80. The Bertz CT molecular complexity index is 323. The summed E-state index contributed by atoms with van der Waals surface area (Å²) in [4.78, 5) is 0. The fourth-order valence-electron chi connectivity index (χ4n) is 2.64. The number of rotatable bonds is 5. The summed E-state index contributed by atoms with van der Waals surface area (Å²) in [5.41, 5.74) is 1.38. The molecular formula is C15H22O2. The summed E-state index contributed by atoms with van der Waals surface area (Å²) < 4.78 is 5.98. The molecule has 1 N–H and O–H groups in total. The summed E-state index contributed by atoms with van der Waals surface area (Å²) >= 11 is 0. The average molecular weight is 234 g/mol. The Kier molecular flexibility index (Phi) is 4.57. The van der Waals surface area contributed by atoms with Gasteiger partial charge in [-0.15, -0.1) is 0 Å². The van der Waals surface area contributed by atoms with E-state index in [0.29, 0.717) is 12.0 Å². The highest BCUT2D eigenvalue weighted by Gasteiger charge is 2.31. The minimum absolute atomic E-state index is 0.239. The van der Waals surface area contributed by atoms with E-state index in [0.717, 1.165) is 25.7 Å². The third-order valence-electron chi connectivity index (χ3n) is 3.65. The molecule has 1 fully saturated rings. The van der Waals surface area contributed by atoms with E-state index < -0.39 is 0 Å². The second-order valence-electron chi connectivity index (χ2n) is 5.05. The zero-order valence-corrected chi connectivity index (χ0v) is 10.5. The van der Waals surface area contributed by atoms with E-state index in [1.807, 2.05) is 0 Å². The Morgan fingerprint density at radius 1 is 1.24 bits per heavy atom. The number of aryl methyl sites for hydroxylation is 1. The van der Waals surface area contributed by atoms with Gasteiger partial charge in [-0.05, 0) is 37.2 Å². The SMILES string of the molecule is C[C@H]1C[C@@H](CCO)O[C@H]1CCc1ccccc1. The lowest BCUT2D eigenvalue weighted by atomic mass is 9.96. The van der Waals surface area contributed by atoms with Crippen molar-refractivity contribution in [2.24, 2.45) is 5.92 Å². The van der Waals surface area contributed by atoms with Crippen LogP contribution in [0.4, 0.5) is 0 Å². The summed E-state index contributed by atoms with van der Waals surface area (Å²) in [5, 5.41) is 8.93. The smallest absolute Gasteiger partial charge is 0.0608 e. The minimum Gasteiger partial charge on any atom is -0.396 e. The zero-order valence-electron chi connectivity index (χ0n) is 10.5. The number of hydrogen-bond donors (Lipinski definition) is 1. The van der Waals surface area contributed by atoms with Crippen LogP contribution in [0.3, 0.4) is 0 Å². The van der Waals surface area contributed by atoms with Gasteiger partial charge in [-0.2, -0.15) is 0 Å². The molecule has 2 rings (SSSR count). The third-order valence-corrected chi connectivity index (χ3v) is 3.65. The molecule has 94 valence electrons. The first-order valence-corrected chi connectivity index (χ1v) is 6.60. The molecule has 0 spiro atoms. The van der Waals surface area contributed by atoms with Gasteiger partial charge in [-0.3, -0.25) is 0 Å². The van der Waals surface area contributed by atoms with Crippen molar-refractivity contribution in [2.75, 3.05) is 6.61 Å². The van der Waals surface area contributed by atoms with Gasteiger partial charge in [0.1, 0.15) is 0 Å². The molecule has 0 aliphatic carbocycles. The molecule has 0 radical (unpaired) electrons. The molecule has 2 nitrogen and oxygen atoms in total. The topological polar surface area (TPSA) is 29.5 Å². The van der Waals surface area contributed by atoms with Crippen LogP contribution in [0, 0.1) is 5.92 Å². The fraction of sp³-hybridized carbons (Fsp3) is 0.600. The van der Waals surface area contributed by atoms with E-state index in [-0.39, 0.29) is 12.7 Å². The first kappa shape index (κ1) is 12.6. The highest BCUT2D eigenvalue weighted by Crippen LogP contribution is 2.30. The van der Waals surface area contributed by atoms with Crippen molar-refractivity contribution in [3.8, 4) is 0 Å². The van der Waals surface area contributed by atoms with Crippen molar-refractivity contribution in [3.05, 3.63) is 35.9 Å². The van der Waals surface area contributed by atoms with Crippen molar-refractivity contribution in [1.82, 2.24) is 0 Å². The van der Waals surface area contributed by atoms with Gasteiger partial charge in [-0.25, -0.2) is 0 Å². The van der Waals surface area contributed by atoms with Gasteiger partial charge in [-0.1, -0.05) is 37.3 Å². The van der Waals surface area contributed by atoms with Gasteiger partial charge < -0.3 is 9.84 Å². The van der Waals surface area contributed by atoms with Gasteiger partial charge in [0.05, 0.1) is 12.2 Å². The molecular weight excluding hydrogens is 212 g/mol. The quantitative estimate of drug-likeness (QED) is 0.849. The zero-order chi connectivity index (χ0) is 12.1. The van der Waals surface area contributed by atoms with Crippen LogP contribution in [-0.4, -0.2) is 23.9 Å². The molecule has 2 heteroatoms. The molecule has 0 bridgehead atoms. The van der Waals surface area contributed by atoms with Crippen molar-refractivity contribution in [2.45, 2.75) is 44.8 Å². The second kappa shape index (κ2) is 6.18. The number of benzene rings is 1. The highest BCUT2D eigenvalue weighted by molar-refractivity contribution is 5.14.